The smallest absolute Gasteiger partial charge is 0.333 e. The predicted octanol–water partition coefficient (Wildman–Crippen LogP) is 2.61. The van der Waals surface area contributed by atoms with Gasteiger partial charge in [0, 0.05) is 17.2 Å². The highest BCUT2D eigenvalue weighted by molar-refractivity contribution is 7.99. The van der Waals surface area contributed by atoms with Crippen LogP contribution in [-0.4, -0.2) is 21.9 Å². The Labute approximate surface area is 126 Å². The fourth-order valence-corrected chi connectivity index (χ4v) is 2.14. The van der Waals surface area contributed by atoms with E-state index in [4.69, 9.17) is 4.74 Å². The maximum atomic E-state index is 11.7. The van der Waals surface area contributed by atoms with Crippen molar-refractivity contribution in [3.05, 3.63) is 58.9 Å². The van der Waals surface area contributed by atoms with Gasteiger partial charge in [-0.3, -0.25) is 4.79 Å². The molecule has 0 radical (unpaired) electrons. The van der Waals surface area contributed by atoms with Crippen molar-refractivity contribution in [2.45, 2.75) is 12.1 Å². The number of nitrogens with zero attached hydrogens (tertiary/aromatic N) is 1. The van der Waals surface area contributed by atoms with Crippen LogP contribution in [0, 0.1) is 0 Å². The molecule has 5 nitrogen and oxygen atoms in total. The summed E-state index contributed by atoms with van der Waals surface area (Å²) in [6, 6.07) is 10.8. The van der Waals surface area contributed by atoms with E-state index in [1.165, 1.54) is 6.07 Å². The normalized spacial score (nSPS) is 10.1. The van der Waals surface area contributed by atoms with Crippen LogP contribution in [0.2, 0.25) is 0 Å². The molecule has 0 amide bonds. The zero-order valence-corrected chi connectivity index (χ0v) is 12.3. The fourth-order valence-electron chi connectivity index (χ4n) is 1.52. The molecule has 2 aromatic rings. The summed E-state index contributed by atoms with van der Waals surface area (Å²) in [5.41, 5.74) is 1.50. The van der Waals surface area contributed by atoms with Crippen molar-refractivity contribution < 1.29 is 9.53 Å². The van der Waals surface area contributed by atoms with E-state index in [0.717, 1.165) is 17.3 Å². The van der Waals surface area contributed by atoms with Crippen molar-refractivity contribution in [3.63, 3.8) is 0 Å². The minimum absolute atomic E-state index is 0.0624. The minimum Gasteiger partial charge on any atom is -0.451 e. The molecular formula is C15H14N2O3S. The highest BCUT2D eigenvalue weighted by Gasteiger charge is 2.07. The number of aromatic amines is 1. The molecule has 1 N–H and O–H groups in total. The molecule has 0 aliphatic carbocycles. The van der Waals surface area contributed by atoms with Crippen molar-refractivity contribution in [2.75, 3.05) is 5.94 Å². The lowest BCUT2D eigenvalue weighted by Gasteiger charge is -2.05. The van der Waals surface area contributed by atoms with Crippen LogP contribution in [0.3, 0.4) is 0 Å². The molecule has 2 rings (SSSR count). The highest BCUT2D eigenvalue weighted by Crippen LogP contribution is 2.18. The summed E-state index contributed by atoms with van der Waals surface area (Å²) in [4.78, 5) is 29.9. The molecule has 0 saturated carbocycles. The van der Waals surface area contributed by atoms with E-state index in [9.17, 15) is 9.59 Å². The first kappa shape index (κ1) is 15.1. The number of hydrogen-bond acceptors (Lipinski definition) is 5. The molecule has 1 heterocycles. The second-order valence-electron chi connectivity index (χ2n) is 4.28. The SMILES string of the molecule is C=C(C)C(=O)OCSc1nc(-c2ccccc2)cc(=O)[nH]1. The minimum atomic E-state index is -0.468. The van der Waals surface area contributed by atoms with Gasteiger partial charge in [0.1, 0.15) is 5.94 Å². The Morgan fingerprint density at radius 3 is 2.76 bits per heavy atom. The van der Waals surface area contributed by atoms with Crippen LogP contribution in [0.15, 0.2) is 58.5 Å². The van der Waals surface area contributed by atoms with Gasteiger partial charge in [-0.2, -0.15) is 0 Å². The molecule has 0 saturated heterocycles. The Morgan fingerprint density at radius 2 is 2.10 bits per heavy atom. The summed E-state index contributed by atoms with van der Waals surface area (Å²) in [5.74, 6) is -0.406. The Morgan fingerprint density at radius 1 is 1.38 bits per heavy atom. The van der Waals surface area contributed by atoms with E-state index in [2.05, 4.69) is 16.5 Å². The number of ether oxygens (including phenoxy) is 1. The summed E-state index contributed by atoms with van der Waals surface area (Å²) in [7, 11) is 0. The van der Waals surface area contributed by atoms with Crippen LogP contribution in [-0.2, 0) is 9.53 Å². The van der Waals surface area contributed by atoms with Crippen LogP contribution in [0.4, 0.5) is 0 Å². The van der Waals surface area contributed by atoms with Gasteiger partial charge in [0.15, 0.2) is 5.16 Å². The van der Waals surface area contributed by atoms with Gasteiger partial charge in [0.25, 0.3) is 5.56 Å². The number of H-pyrrole nitrogens is 1. The highest BCUT2D eigenvalue weighted by atomic mass is 32.2. The summed E-state index contributed by atoms with van der Waals surface area (Å²) in [6.07, 6.45) is 0. The Kier molecular flexibility index (Phi) is 4.94. The maximum absolute atomic E-state index is 11.7. The van der Waals surface area contributed by atoms with Crippen LogP contribution >= 0.6 is 11.8 Å². The standard InChI is InChI=1S/C15H14N2O3S/c1-10(2)14(19)20-9-21-15-16-12(8-13(18)17-15)11-6-4-3-5-7-11/h3-8H,1,9H2,2H3,(H,16,17,18). The predicted molar refractivity (Wildman–Crippen MR) is 81.9 cm³/mol. The zero-order chi connectivity index (χ0) is 15.2. The third-order valence-electron chi connectivity index (χ3n) is 2.52. The first-order valence-corrected chi connectivity index (χ1v) is 7.17. The molecule has 108 valence electrons. The third kappa shape index (κ3) is 4.32. The molecular weight excluding hydrogens is 288 g/mol. The van der Waals surface area contributed by atoms with Crippen molar-refractivity contribution in [2.24, 2.45) is 0 Å². The van der Waals surface area contributed by atoms with E-state index in [1.54, 1.807) is 6.92 Å². The van der Waals surface area contributed by atoms with Gasteiger partial charge < -0.3 is 9.72 Å². The summed E-state index contributed by atoms with van der Waals surface area (Å²) < 4.78 is 4.96. The second kappa shape index (κ2) is 6.90. The van der Waals surface area contributed by atoms with Crippen LogP contribution < -0.4 is 5.56 Å². The van der Waals surface area contributed by atoms with E-state index in [0.29, 0.717) is 16.4 Å². The van der Waals surface area contributed by atoms with Crippen molar-refractivity contribution in [1.29, 1.82) is 0 Å². The van der Waals surface area contributed by atoms with Gasteiger partial charge in [-0.1, -0.05) is 36.9 Å². The number of esters is 1. The van der Waals surface area contributed by atoms with Crippen LogP contribution in [0.1, 0.15) is 6.92 Å². The molecule has 0 bridgehead atoms. The zero-order valence-electron chi connectivity index (χ0n) is 11.5. The molecule has 0 aliphatic heterocycles. The topological polar surface area (TPSA) is 72.0 Å². The average molecular weight is 302 g/mol. The first-order chi connectivity index (χ1) is 10.1. The molecule has 21 heavy (non-hydrogen) atoms. The van der Waals surface area contributed by atoms with Crippen molar-refractivity contribution >= 4 is 17.7 Å². The quantitative estimate of drug-likeness (QED) is 0.302. The van der Waals surface area contributed by atoms with Gasteiger partial charge in [-0.25, -0.2) is 9.78 Å². The maximum Gasteiger partial charge on any atom is 0.333 e. The lowest BCUT2D eigenvalue weighted by atomic mass is 10.1. The lowest BCUT2D eigenvalue weighted by Crippen LogP contribution is -2.09. The average Bonchev–Trinajstić information content (AvgIpc) is 2.47. The number of aromatic nitrogens is 2. The van der Waals surface area contributed by atoms with Crippen LogP contribution in [0.25, 0.3) is 11.3 Å². The summed E-state index contributed by atoms with van der Waals surface area (Å²) >= 11 is 1.14. The van der Waals surface area contributed by atoms with E-state index in [1.807, 2.05) is 30.3 Å². The van der Waals surface area contributed by atoms with Crippen molar-refractivity contribution in [3.8, 4) is 11.3 Å². The molecule has 0 unspecified atom stereocenters. The number of nitrogens with one attached hydrogen (secondary N) is 1. The van der Waals surface area contributed by atoms with Gasteiger partial charge in [0.2, 0.25) is 0 Å². The lowest BCUT2D eigenvalue weighted by molar-refractivity contribution is -0.136. The Hall–Kier alpha value is -2.34. The number of thioether (sulfide) groups is 1. The molecule has 0 spiro atoms. The van der Waals surface area contributed by atoms with E-state index in [-0.39, 0.29) is 11.5 Å². The molecule has 6 heteroatoms. The van der Waals surface area contributed by atoms with E-state index >= 15 is 0 Å². The van der Waals surface area contributed by atoms with Crippen molar-refractivity contribution in [1.82, 2.24) is 9.97 Å². The largest absolute Gasteiger partial charge is 0.451 e. The Balaban J connectivity index is 2.11. The first-order valence-electron chi connectivity index (χ1n) is 6.18. The number of rotatable bonds is 5. The number of carbonyl (C=O) groups excluding carboxylic acids is 1. The Bertz CT molecular complexity index is 710. The third-order valence-corrected chi connectivity index (χ3v) is 3.23. The second-order valence-corrected chi connectivity index (χ2v) is 5.19. The fraction of sp³-hybridized carbons (Fsp3) is 0.133. The summed E-state index contributed by atoms with van der Waals surface area (Å²) in [6.45, 7) is 5.06. The van der Waals surface area contributed by atoms with Crippen LogP contribution in [0.5, 0.6) is 0 Å². The summed E-state index contributed by atoms with van der Waals surface area (Å²) in [5, 5.41) is 0.399. The molecule has 1 aromatic heterocycles. The molecule has 0 atom stereocenters. The molecule has 0 aliphatic rings. The van der Waals surface area contributed by atoms with Gasteiger partial charge in [-0.05, 0) is 18.7 Å². The number of benzene rings is 1. The number of hydrogen-bond donors (Lipinski definition) is 1. The monoisotopic (exact) mass is 302 g/mol. The number of carbonyl (C=O) groups is 1. The molecule has 0 fully saturated rings. The van der Waals surface area contributed by atoms with Gasteiger partial charge in [-0.15, -0.1) is 0 Å². The van der Waals surface area contributed by atoms with E-state index < -0.39 is 5.97 Å². The molecule has 1 aromatic carbocycles. The van der Waals surface area contributed by atoms with Gasteiger partial charge >= 0.3 is 5.97 Å². The van der Waals surface area contributed by atoms with Gasteiger partial charge in [0.05, 0.1) is 5.69 Å².